The van der Waals surface area contributed by atoms with E-state index in [0.29, 0.717) is 19.8 Å². The molecule has 0 aromatic rings. The normalized spacial score (nSPS) is 15.3. The summed E-state index contributed by atoms with van der Waals surface area (Å²) < 4.78 is 23.8. The number of nitrogens with zero attached hydrogens (tertiary/aromatic N) is 2. The summed E-state index contributed by atoms with van der Waals surface area (Å²) in [6.45, 7) is 12.0. The van der Waals surface area contributed by atoms with Gasteiger partial charge in [-0.2, -0.15) is 0 Å². The first kappa shape index (κ1) is 27.8. The maximum Gasteiger partial charge on any atom is 0.0807 e. The van der Waals surface area contributed by atoms with Crippen LogP contribution in [-0.2, 0) is 18.9 Å². The van der Waals surface area contributed by atoms with Gasteiger partial charge in [0.2, 0.25) is 0 Å². The first-order chi connectivity index (χ1) is 13.4. The van der Waals surface area contributed by atoms with Gasteiger partial charge < -0.3 is 28.7 Å². The van der Waals surface area contributed by atoms with Crippen LogP contribution in [0.2, 0.25) is 0 Å². The summed E-state index contributed by atoms with van der Waals surface area (Å²) in [5, 5.41) is 0. The van der Waals surface area contributed by atoms with Crippen molar-refractivity contribution in [3.05, 3.63) is 0 Å². The summed E-state index contributed by atoms with van der Waals surface area (Å²) in [4.78, 5) is 4.36. The third-order valence-electron chi connectivity index (χ3n) is 4.70. The Bertz CT molecular complexity index is 330. The molecule has 0 saturated heterocycles. The van der Waals surface area contributed by atoms with Crippen LogP contribution in [0, 0.1) is 0 Å². The van der Waals surface area contributed by atoms with Crippen LogP contribution in [0.5, 0.6) is 0 Å². The standard InChI is InChI=1S/C22H48N2O4/c1-8-20(26-15-11-13-23(4)5)17-25-18-21(9-2)28-19-22(10-3)27-16-12-14-24(6)7/h20-22H,8-19H2,1-7H3. The minimum Gasteiger partial charge on any atom is -0.376 e. The molecule has 28 heavy (non-hydrogen) atoms. The van der Waals surface area contributed by atoms with Crippen molar-refractivity contribution in [2.45, 2.75) is 71.2 Å². The minimum atomic E-state index is 0.116. The van der Waals surface area contributed by atoms with E-state index < -0.39 is 0 Å². The van der Waals surface area contributed by atoms with Crippen molar-refractivity contribution in [1.29, 1.82) is 0 Å². The van der Waals surface area contributed by atoms with Crippen LogP contribution in [0.4, 0.5) is 0 Å². The molecule has 6 heteroatoms. The van der Waals surface area contributed by atoms with Crippen LogP contribution < -0.4 is 0 Å². The molecule has 0 saturated carbocycles. The van der Waals surface area contributed by atoms with Crippen LogP contribution in [0.1, 0.15) is 52.9 Å². The Kier molecular flexibility index (Phi) is 18.6. The van der Waals surface area contributed by atoms with Crippen LogP contribution in [0.15, 0.2) is 0 Å². The Morgan fingerprint density at radius 3 is 1.36 bits per heavy atom. The Morgan fingerprint density at radius 1 is 0.571 bits per heavy atom. The Labute approximate surface area is 174 Å². The molecule has 0 amide bonds. The van der Waals surface area contributed by atoms with Gasteiger partial charge in [0.05, 0.1) is 38.1 Å². The first-order valence-corrected chi connectivity index (χ1v) is 11.1. The molecule has 170 valence electrons. The second kappa shape index (κ2) is 18.8. The van der Waals surface area contributed by atoms with Crippen LogP contribution in [0.3, 0.4) is 0 Å². The lowest BCUT2D eigenvalue weighted by Crippen LogP contribution is -2.29. The summed E-state index contributed by atoms with van der Waals surface area (Å²) in [6, 6.07) is 0. The number of hydrogen-bond donors (Lipinski definition) is 0. The molecule has 0 bridgehead atoms. The molecule has 0 fully saturated rings. The zero-order valence-corrected chi connectivity index (χ0v) is 19.7. The fourth-order valence-electron chi connectivity index (χ4n) is 2.69. The lowest BCUT2D eigenvalue weighted by molar-refractivity contribution is -0.0856. The second-order valence-corrected chi connectivity index (χ2v) is 8.02. The highest BCUT2D eigenvalue weighted by Crippen LogP contribution is 2.07. The second-order valence-electron chi connectivity index (χ2n) is 8.02. The number of hydrogen-bond acceptors (Lipinski definition) is 6. The van der Waals surface area contributed by atoms with Gasteiger partial charge in [0.1, 0.15) is 0 Å². The lowest BCUT2D eigenvalue weighted by Gasteiger charge is -2.23. The predicted molar refractivity (Wildman–Crippen MR) is 117 cm³/mol. The summed E-state index contributed by atoms with van der Waals surface area (Å²) in [6.07, 6.45) is 5.44. The summed E-state index contributed by atoms with van der Waals surface area (Å²) in [7, 11) is 8.35. The fraction of sp³-hybridized carbons (Fsp3) is 1.00. The van der Waals surface area contributed by atoms with E-state index in [-0.39, 0.29) is 18.3 Å². The van der Waals surface area contributed by atoms with Crippen LogP contribution in [0.25, 0.3) is 0 Å². The SMILES string of the molecule is CCC(COCC(CC)OCC(CC)OCCCN(C)C)OCCCN(C)C. The largest absolute Gasteiger partial charge is 0.376 e. The van der Waals surface area contributed by atoms with Gasteiger partial charge in [-0.25, -0.2) is 0 Å². The quantitative estimate of drug-likeness (QED) is 0.290. The molecular weight excluding hydrogens is 356 g/mol. The average Bonchev–Trinajstić information content (AvgIpc) is 2.66. The van der Waals surface area contributed by atoms with E-state index in [0.717, 1.165) is 58.4 Å². The van der Waals surface area contributed by atoms with E-state index in [4.69, 9.17) is 18.9 Å². The van der Waals surface area contributed by atoms with Gasteiger partial charge in [0, 0.05) is 13.2 Å². The summed E-state index contributed by atoms with van der Waals surface area (Å²) in [5.74, 6) is 0. The minimum absolute atomic E-state index is 0.116. The molecule has 0 aliphatic rings. The van der Waals surface area contributed by atoms with Crippen molar-refractivity contribution >= 4 is 0 Å². The molecule has 0 rings (SSSR count). The molecule has 0 aliphatic heterocycles. The average molecular weight is 405 g/mol. The van der Waals surface area contributed by atoms with Crippen LogP contribution >= 0.6 is 0 Å². The smallest absolute Gasteiger partial charge is 0.0807 e. The monoisotopic (exact) mass is 404 g/mol. The van der Waals surface area contributed by atoms with Crippen molar-refractivity contribution in [2.24, 2.45) is 0 Å². The first-order valence-electron chi connectivity index (χ1n) is 11.1. The molecular formula is C22H48N2O4. The summed E-state index contributed by atoms with van der Waals surface area (Å²) in [5.41, 5.74) is 0. The van der Waals surface area contributed by atoms with Gasteiger partial charge in [0.25, 0.3) is 0 Å². The molecule has 3 unspecified atom stereocenters. The maximum atomic E-state index is 6.06. The van der Waals surface area contributed by atoms with E-state index in [2.05, 4.69) is 58.8 Å². The Balaban J connectivity index is 3.95. The summed E-state index contributed by atoms with van der Waals surface area (Å²) >= 11 is 0. The van der Waals surface area contributed by atoms with E-state index in [1.165, 1.54) is 0 Å². The molecule has 0 radical (unpaired) electrons. The van der Waals surface area contributed by atoms with E-state index in [9.17, 15) is 0 Å². The van der Waals surface area contributed by atoms with Crippen molar-refractivity contribution in [3.8, 4) is 0 Å². The van der Waals surface area contributed by atoms with E-state index in [1.807, 2.05) is 0 Å². The molecule has 0 N–H and O–H groups in total. The molecule has 0 heterocycles. The maximum absolute atomic E-state index is 6.06. The topological polar surface area (TPSA) is 43.4 Å². The molecule has 6 nitrogen and oxygen atoms in total. The van der Waals surface area contributed by atoms with Gasteiger partial charge >= 0.3 is 0 Å². The van der Waals surface area contributed by atoms with E-state index in [1.54, 1.807) is 0 Å². The zero-order chi connectivity index (χ0) is 21.2. The Hall–Kier alpha value is -0.240. The van der Waals surface area contributed by atoms with Crippen LogP contribution in [-0.4, -0.2) is 102 Å². The van der Waals surface area contributed by atoms with E-state index >= 15 is 0 Å². The van der Waals surface area contributed by atoms with Gasteiger partial charge in [-0.1, -0.05) is 20.8 Å². The fourth-order valence-corrected chi connectivity index (χ4v) is 2.69. The third kappa shape index (κ3) is 16.7. The highest BCUT2D eigenvalue weighted by Gasteiger charge is 2.14. The van der Waals surface area contributed by atoms with Crippen molar-refractivity contribution < 1.29 is 18.9 Å². The predicted octanol–water partition coefficient (Wildman–Crippen LogP) is 3.29. The van der Waals surface area contributed by atoms with Gasteiger partial charge in [-0.15, -0.1) is 0 Å². The highest BCUT2D eigenvalue weighted by molar-refractivity contribution is 4.61. The number of rotatable bonds is 20. The molecule has 0 spiro atoms. The molecule has 3 atom stereocenters. The molecule has 0 aromatic heterocycles. The lowest BCUT2D eigenvalue weighted by atomic mass is 10.2. The third-order valence-corrected chi connectivity index (χ3v) is 4.70. The van der Waals surface area contributed by atoms with Crippen molar-refractivity contribution in [3.63, 3.8) is 0 Å². The number of ether oxygens (including phenoxy) is 4. The zero-order valence-electron chi connectivity index (χ0n) is 19.7. The van der Waals surface area contributed by atoms with Gasteiger partial charge in [-0.05, 0) is 73.4 Å². The van der Waals surface area contributed by atoms with Gasteiger partial charge in [0.15, 0.2) is 0 Å². The van der Waals surface area contributed by atoms with Gasteiger partial charge in [-0.3, -0.25) is 0 Å². The highest BCUT2D eigenvalue weighted by atomic mass is 16.6. The Morgan fingerprint density at radius 2 is 0.964 bits per heavy atom. The molecule has 0 aromatic carbocycles. The molecule has 0 aliphatic carbocycles. The van der Waals surface area contributed by atoms with Crippen molar-refractivity contribution in [2.75, 3.05) is 74.3 Å². The van der Waals surface area contributed by atoms with Crippen molar-refractivity contribution in [1.82, 2.24) is 9.80 Å².